The van der Waals surface area contributed by atoms with Crippen LogP contribution in [-0.4, -0.2) is 63.9 Å². The van der Waals surface area contributed by atoms with E-state index in [1.165, 1.54) is 32.1 Å². The van der Waals surface area contributed by atoms with E-state index in [1.807, 2.05) is 29.2 Å². The van der Waals surface area contributed by atoms with Gasteiger partial charge < -0.3 is 20.1 Å². The number of carbonyl (C=O) groups is 3. The number of hydrogen-bond acceptors (Lipinski definition) is 5. The molecule has 2 aromatic rings. The molecule has 0 unspecified atom stereocenters. The molecule has 8 nitrogen and oxygen atoms in total. The Hall–Kier alpha value is -3.54. The van der Waals surface area contributed by atoms with Gasteiger partial charge in [0.2, 0.25) is 11.8 Å². The average Bonchev–Trinajstić information content (AvgIpc) is 3.02. The fourth-order valence-electron chi connectivity index (χ4n) is 6.80. The van der Waals surface area contributed by atoms with Crippen LogP contribution in [0.3, 0.4) is 0 Å². The third-order valence-electron chi connectivity index (χ3n) is 9.25. The second kappa shape index (κ2) is 15.5. The van der Waals surface area contributed by atoms with E-state index in [-0.39, 0.29) is 30.3 Å². The number of nitrogens with zero attached hydrogens (tertiary/aromatic N) is 2. The maximum atomic E-state index is 13.8. The average molecular weight is 622 g/mol. The van der Waals surface area contributed by atoms with Gasteiger partial charge in [-0.3, -0.25) is 14.5 Å². The van der Waals surface area contributed by atoms with Gasteiger partial charge in [-0.2, -0.15) is 0 Å². The summed E-state index contributed by atoms with van der Waals surface area (Å²) in [6.07, 6.45) is 10.1. The molecule has 9 heteroatoms. The molecule has 5 rings (SSSR count). The SMILES string of the molecule is CCCCN1C(=O)[C@H](CC2CCCCC2)NC(=O)C12CCN(Cc1ccc(Oc3ccc(C#CC(=O)O)cc3)cc1)CC2.Cl. The zero-order chi connectivity index (χ0) is 30.2. The fraction of sp³-hybridized carbons (Fsp3) is 0.514. The number of piperidine rings is 1. The van der Waals surface area contributed by atoms with E-state index in [2.05, 4.69) is 29.0 Å². The molecular formula is C35H44ClN3O5. The monoisotopic (exact) mass is 621 g/mol. The van der Waals surface area contributed by atoms with Gasteiger partial charge in [-0.25, -0.2) is 4.79 Å². The third-order valence-corrected chi connectivity index (χ3v) is 9.25. The first kappa shape index (κ1) is 33.4. The van der Waals surface area contributed by atoms with Crippen LogP contribution in [0, 0.1) is 17.8 Å². The molecule has 2 saturated heterocycles. The maximum absolute atomic E-state index is 13.8. The topological polar surface area (TPSA) is 99.2 Å². The molecule has 2 aliphatic heterocycles. The number of piperazine rings is 1. The summed E-state index contributed by atoms with van der Waals surface area (Å²) in [6.45, 7) is 5.07. The lowest BCUT2D eigenvalue weighted by Gasteiger charge is -2.52. The van der Waals surface area contributed by atoms with Crippen LogP contribution < -0.4 is 10.1 Å². The number of carboxylic acids is 1. The van der Waals surface area contributed by atoms with Crippen molar-refractivity contribution in [3.63, 3.8) is 0 Å². The Bertz CT molecular complexity index is 1340. The van der Waals surface area contributed by atoms with Crippen molar-refractivity contribution < 1.29 is 24.2 Å². The highest BCUT2D eigenvalue weighted by atomic mass is 35.5. The van der Waals surface area contributed by atoms with E-state index in [4.69, 9.17) is 9.84 Å². The van der Waals surface area contributed by atoms with Crippen molar-refractivity contribution in [3.05, 3.63) is 59.7 Å². The lowest BCUT2D eigenvalue weighted by Crippen LogP contribution is -2.73. The predicted octanol–water partition coefficient (Wildman–Crippen LogP) is 5.77. The summed E-state index contributed by atoms with van der Waals surface area (Å²) in [5.41, 5.74) is 1.02. The van der Waals surface area contributed by atoms with Crippen molar-refractivity contribution in [3.8, 4) is 23.3 Å². The first-order chi connectivity index (χ1) is 20.9. The summed E-state index contributed by atoms with van der Waals surface area (Å²) in [7, 11) is 0. The lowest BCUT2D eigenvalue weighted by atomic mass is 9.79. The number of rotatable bonds is 9. The van der Waals surface area contributed by atoms with Gasteiger partial charge in [-0.15, -0.1) is 12.4 Å². The highest BCUT2D eigenvalue weighted by Gasteiger charge is 2.53. The molecule has 0 aromatic heterocycles. The van der Waals surface area contributed by atoms with Gasteiger partial charge in [0.1, 0.15) is 23.1 Å². The molecule has 44 heavy (non-hydrogen) atoms. The Kier molecular flexibility index (Phi) is 11.7. The summed E-state index contributed by atoms with van der Waals surface area (Å²) in [5.74, 6) is 5.59. The highest BCUT2D eigenvalue weighted by molar-refractivity contribution is 6.00. The Morgan fingerprint density at radius 3 is 2.25 bits per heavy atom. The molecule has 3 fully saturated rings. The van der Waals surface area contributed by atoms with E-state index < -0.39 is 11.5 Å². The standard InChI is InChI=1S/C35H43N3O5.ClH/c1-2-3-21-38-33(41)31(24-27-7-5-4-6-8-27)36-34(42)35(38)19-22-37(23-20-35)25-28-11-16-30(17-12-28)43-29-14-9-26(10-15-29)13-18-32(39)40;/h9-12,14-17,27,31H,2-8,19-25H2,1H3,(H,36,42)(H,39,40);1H/t31-;/m0./s1. The maximum Gasteiger partial charge on any atom is 0.382 e. The number of halogens is 1. The molecule has 2 heterocycles. The molecule has 2 N–H and O–H groups in total. The van der Waals surface area contributed by atoms with Crippen LogP contribution in [0.4, 0.5) is 0 Å². The first-order valence-corrected chi connectivity index (χ1v) is 15.8. The molecule has 1 aliphatic carbocycles. The van der Waals surface area contributed by atoms with Crippen molar-refractivity contribution in [1.29, 1.82) is 0 Å². The molecule has 1 spiro atoms. The Balaban J connectivity index is 0.00000442. The first-order valence-electron chi connectivity index (χ1n) is 15.8. The number of carboxylic acid groups (broad SMARTS) is 1. The summed E-state index contributed by atoms with van der Waals surface area (Å²) in [4.78, 5) is 42.4. The van der Waals surface area contributed by atoms with Gasteiger partial charge in [0.25, 0.3) is 0 Å². The van der Waals surface area contributed by atoms with Crippen LogP contribution in [0.15, 0.2) is 48.5 Å². The number of carbonyl (C=O) groups excluding carboxylic acids is 2. The molecule has 1 atom stereocenters. The third kappa shape index (κ3) is 8.13. The van der Waals surface area contributed by atoms with Crippen LogP contribution >= 0.6 is 12.4 Å². The number of aliphatic carboxylic acids is 1. The number of unbranched alkanes of at least 4 members (excludes halogenated alkanes) is 1. The van der Waals surface area contributed by atoms with Crippen molar-refractivity contribution in [1.82, 2.24) is 15.1 Å². The summed E-state index contributed by atoms with van der Waals surface area (Å²) >= 11 is 0. The summed E-state index contributed by atoms with van der Waals surface area (Å²) in [5, 5.41) is 11.9. The summed E-state index contributed by atoms with van der Waals surface area (Å²) < 4.78 is 5.94. The largest absolute Gasteiger partial charge is 0.472 e. The second-order valence-corrected chi connectivity index (χ2v) is 12.2. The van der Waals surface area contributed by atoms with E-state index >= 15 is 0 Å². The zero-order valence-electron chi connectivity index (χ0n) is 25.6. The number of nitrogens with one attached hydrogen (secondary N) is 1. The minimum Gasteiger partial charge on any atom is -0.472 e. The normalized spacial score (nSPS) is 20.3. The van der Waals surface area contributed by atoms with Crippen LogP contribution in [0.2, 0.25) is 0 Å². The van der Waals surface area contributed by atoms with E-state index in [9.17, 15) is 14.4 Å². The molecule has 0 bridgehead atoms. The number of ether oxygens (including phenoxy) is 1. The predicted molar refractivity (Wildman–Crippen MR) is 172 cm³/mol. The molecule has 2 aromatic carbocycles. The van der Waals surface area contributed by atoms with E-state index in [0.717, 1.165) is 44.5 Å². The minimum atomic E-state index is -1.16. The van der Waals surface area contributed by atoms with Crippen LogP contribution in [0.5, 0.6) is 11.5 Å². The number of likely N-dealkylation sites (tertiary alicyclic amines) is 1. The van der Waals surface area contributed by atoms with Gasteiger partial charge in [0.15, 0.2) is 0 Å². The van der Waals surface area contributed by atoms with Gasteiger partial charge in [-0.1, -0.05) is 63.5 Å². The van der Waals surface area contributed by atoms with Gasteiger partial charge >= 0.3 is 5.97 Å². The Morgan fingerprint density at radius 2 is 1.64 bits per heavy atom. The van der Waals surface area contributed by atoms with Crippen molar-refractivity contribution in [2.24, 2.45) is 5.92 Å². The number of hydrogen-bond donors (Lipinski definition) is 2. The Labute approximate surface area is 266 Å². The smallest absolute Gasteiger partial charge is 0.382 e. The minimum absolute atomic E-state index is 0. The molecule has 1 saturated carbocycles. The lowest BCUT2D eigenvalue weighted by molar-refractivity contribution is -0.162. The number of benzene rings is 2. The van der Waals surface area contributed by atoms with Crippen LogP contribution in [-0.2, 0) is 20.9 Å². The number of amides is 2. The quantitative estimate of drug-likeness (QED) is 0.345. The Morgan fingerprint density at radius 1 is 1.00 bits per heavy atom. The fourth-order valence-corrected chi connectivity index (χ4v) is 6.80. The van der Waals surface area contributed by atoms with Crippen molar-refractivity contribution in [2.75, 3.05) is 19.6 Å². The highest BCUT2D eigenvalue weighted by Crippen LogP contribution is 2.36. The molecule has 236 valence electrons. The van der Waals surface area contributed by atoms with Crippen LogP contribution in [0.25, 0.3) is 0 Å². The van der Waals surface area contributed by atoms with Crippen molar-refractivity contribution in [2.45, 2.75) is 89.3 Å². The summed E-state index contributed by atoms with van der Waals surface area (Å²) in [6, 6.07) is 14.6. The molecule has 2 amide bonds. The van der Waals surface area contributed by atoms with Gasteiger partial charge in [-0.05, 0) is 73.6 Å². The second-order valence-electron chi connectivity index (χ2n) is 12.2. The molecule has 0 radical (unpaired) electrons. The zero-order valence-corrected chi connectivity index (χ0v) is 26.4. The molecule has 3 aliphatic rings. The van der Waals surface area contributed by atoms with Gasteiger partial charge in [0.05, 0.1) is 0 Å². The van der Waals surface area contributed by atoms with E-state index in [1.54, 1.807) is 24.3 Å². The van der Waals surface area contributed by atoms with Crippen LogP contribution in [0.1, 0.15) is 82.3 Å². The van der Waals surface area contributed by atoms with Gasteiger partial charge in [0, 0.05) is 37.7 Å². The van der Waals surface area contributed by atoms with Crippen molar-refractivity contribution >= 4 is 30.2 Å². The molecular weight excluding hydrogens is 578 g/mol. The van der Waals surface area contributed by atoms with E-state index in [0.29, 0.717) is 42.4 Å².